The number of aromatic carboxylic acids is 1. The third-order valence-corrected chi connectivity index (χ3v) is 3.77. The third kappa shape index (κ3) is 2.31. The van der Waals surface area contributed by atoms with Crippen molar-refractivity contribution in [1.29, 1.82) is 0 Å². The van der Waals surface area contributed by atoms with E-state index in [2.05, 4.69) is 32.0 Å². The van der Waals surface area contributed by atoms with Gasteiger partial charge in [-0.25, -0.2) is 4.79 Å². The zero-order chi connectivity index (χ0) is 15.1. The van der Waals surface area contributed by atoms with Crippen molar-refractivity contribution in [3.63, 3.8) is 0 Å². The Labute approximate surface area is 123 Å². The number of hydrogen-bond donors (Lipinski definition) is 1. The number of hydrogen-bond acceptors (Lipinski definition) is 1. The Morgan fingerprint density at radius 2 is 1.67 bits per heavy atom. The Balaban J connectivity index is 2.25. The summed E-state index contributed by atoms with van der Waals surface area (Å²) in [4.78, 5) is 11.4. The average Bonchev–Trinajstić information content (AvgIpc) is 2.75. The molecule has 1 heterocycles. The molecule has 21 heavy (non-hydrogen) atoms. The van der Waals surface area contributed by atoms with Crippen LogP contribution in [0.3, 0.4) is 0 Å². The summed E-state index contributed by atoms with van der Waals surface area (Å²) in [6.07, 6.45) is 1.66. The molecule has 0 unspecified atom stereocenters. The second-order valence-electron chi connectivity index (χ2n) is 5.57. The summed E-state index contributed by atoms with van der Waals surface area (Å²) in [6, 6.07) is 12.4. The molecule has 0 saturated heterocycles. The van der Waals surface area contributed by atoms with Crippen LogP contribution in [0.25, 0.3) is 22.0 Å². The zero-order valence-corrected chi connectivity index (χ0v) is 12.3. The van der Waals surface area contributed by atoms with Crippen LogP contribution in [0.15, 0.2) is 42.6 Å². The molecule has 0 aliphatic carbocycles. The van der Waals surface area contributed by atoms with E-state index in [1.165, 1.54) is 11.1 Å². The number of rotatable bonds is 2. The maximum absolute atomic E-state index is 11.4. The molecule has 0 bridgehead atoms. The molecule has 1 N–H and O–H groups in total. The van der Waals surface area contributed by atoms with E-state index in [4.69, 9.17) is 0 Å². The van der Waals surface area contributed by atoms with E-state index < -0.39 is 5.97 Å². The van der Waals surface area contributed by atoms with Crippen molar-refractivity contribution in [3.05, 3.63) is 59.3 Å². The second kappa shape index (κ2) is 4.77. The Bertz CT molecular complexity index is 839. The minimum Gasteiger partial charge on any atom is -0.478 e. The molecule has 0 fully saturated rings. The van der Waals surface area contributed by atoms with Gasteiger partial charge in [-0.1, -0.05) is 35.4 Å². The molecule has 3 rings (SSSR count). The number of carbonyl (C=O) groups is 1. The van der Waals surface area contributed by atoms with E-state index in [9.17, 15) is 9.90 Å². The fraction of sp³-hybridized carbons (Fsp3) is 0.167. The predicted octanol–water partition coefficient (Wildman–Crippen LogP) is 4.16. The molecule has 3 nitrogen and oxygen atoms in total. The van der Waals surface area contributed by atoms with Gasteiger partial charge in [0.25, 0.3) is 0 Å². The molecule has 0 radical (unpaired) electrons. The normalized spacial score (nSPS) is 11.0. The predicted molar refractivity (Wildman–Crippen MR) is 84.8 cm³/mol. The van der Waals surface area contributed by atoms with Crippen molar-refractivity contribution in [2.24, 2.45) is 7.05 Å². The van der Waals surface area contributed by atoms with Crippen molar-refractivity contribution >= 4 is 16.9 Å². The van der Waals surface area contributed by atoms with Crippen LogP contribution in [-0.2, 0) is 7.05 Å². The molecule has 0 amide bonds. The number of nitrogens with zero attached hydrogens (tertiary/aromatic N) is 1. The van der Waals surface area contributed by atoms with Crippen LogP contribution in [0.2, 0.25) is 0 Å². The quantitative estimate of drug-likeness (QED) is 0.765. The summed E-state index contributed by atoms with van der Waals surface area (Å²) in [5.74, 6) is -0.891. The molecule has 0 aliphatic rings. The summed E-state index contributed by atoms with van der Waals surface area (Å²) < 4.78 is 1.85. The van der Waals surface area contributed by atoms with Crippen LogP contribution < -0.4 is 0 Å². The largest absolute Gasteiger partial charge is 0.478 e. The van der Waals surface area contributed by atoms with Gasteiger partial charge in [0.15, 0.2) is 0 Å². The maximum Gasteiger partial charge on any atom is 0.337 e. The second-order valence-corrected chi connectivity index (χ2v) is 5.57. The first kappa shape index (κ1) is 13.4. The standard InChI is InChI=1S/C18H17NO2/c1-11-6-12(2)8-14(7-11)13-4-5-17-15(9-13)16(18(20)21)10-19(17)3/h4-10H,1-3H3,(H,20,21). The van der Waals surface area contributed by atoms with Gasteiger partial charge in [0.2, 0.25) is 0 Å². The maximum atomic E-state index is 11.4. The number of carboxylic acids is 1. The topological polar surface area (TPSA) is 42.2 Å². The smallest absolute Gasteiger partial charge is 0.337 e. The number of aromatic nitrogens is 1. The average molecular weight is 279 g/mol. The highest BCUT2D eigenvalue weighted by Crippen LogP contribution is 2.28. The molecular formula is C18H17NO2. The highest BCUT2D eigenvalue weighted by molar-refractivity contribution is 6.04. The molecule has 2 aromatic carbocycles. The SMILES string of the molecule is Cc1cc(C)cc(-c2ccc3c(c2)c(C(=O)O)cn3C)c1. The Kier molecular flexibility index (Phi) is 3.05. The molecule has 3 aromatic rings. The lowest BCUT2D eigenvalue weighted by Gasteiger charge is -2.06. The van der Waals surface area contributed by atoms with Crippen LogP contribution in [0, 0.1) is 13.8 Å². The van der Waals surface area contributed by atoms with Gasteiger partial charge < -0.3 is 9.67 Å². The highest BCUT2D eigenvalue weighted by Gasteiger charge is 2.13. The first-order chi connectivity index (χ1) is 9.95. The Morgan fingerprint density at radius 1 is 1.00 bits per heavy atom. The lowest BCUT2D eigenvalue weighted by molar-refractivity contribution is 0.0699. The van der Waals surface area contributed by atoms with Crippen molar-refractivity contribution in [1.82, 2.24) is 4.57 Å². The van der Waals surface area contributed by atoms with E-state index in [0.717, 1.165) is 22.0 Å². The van der Waals surface area contributed by atoms with Crippen molar-refractivity contribution in [3.8, 4) is 11.1 Å². The van der Waals surface area contributed by atoms with Gasteiger partial charge >= 0.3 is 5.97 Å². The minimum atomic E-state index is -0.891. The van der Waals surface area contributed by atoms with E-state index in [-0.39, 0.29) is 0 Å². The van der Waals surface area contributed by atoms with E-state index in [0.29, 0.717) is 5.56 Å². The summed E-state index contributed by atoms with van der Waals surface area (Å²) in [5, 5.41) is 10.1. The third-order valence-electron chi connectivity index (χ3n) is 3.77. The van der Waals surface area contributed by atoms with Gasteiger partial charge in [0.1, 0.15) is 0 Å². The number of benzene rings is 2. The molecular weight excluding hydrogens is 262 g/mol. The molecule has 106 valence electrons. The van der Waals surface area contributed by atoms with E-state index in [1.807, 2.05) is 29.8 Å². The van der Waals surface area contributed by atoms with Gasteiger partial charge in [-0.2, -0.15) is 0 Å². The zero-order valence-electron chi connectivity index (χ0n) is 12.3. The summed E-state index contributed by atoms with van der Waals surface area (Å²) in [6.45, 7) is 4.14. The van der Waals surface area contributed by atoms with Crippen molar-refractivity contribution in [2.75, 3.05) is 0 Å². The van der Waals surface area contributed by atoms with Gasteiger partial charge in [-0.15, -0.1) is 0 Å². The number of carboxylic acid groups (broad SMARTS) is 1. The number of fused-ring (bicyclic) bond motifs is 1. The summed E-state index contributed by atoms with van der Waals surface area (Å²) in [7, 11) is 1.87. The van der Waals surface area contributed by atoms with Crippen molar-refractivity contribution < 1.29 is 9.90 Å². The van der Waals surface area contributed by atoms with Gasteiger partial charge in [0.05, 0.1) is 5.56 Å². The van der Waals surface area contributed by atoms with Crippen molar-refractivity contribution in [2.45, 2.75) is 13.8 Å². The van der Waals surface area contributed by atoms with E-state index >= 15 is 0 Å². The lowest BCUT2D eigenvalue weighted by atomic mass is 9.99. The van der Waals surface area contributed by atoms with Gasteiger partial charge in [-0.05, 0) is 37.1 Å². The van der Waals surface area contributed by atoms with Gasteiger partial charge in [-0.3, -0.25) is 0 Å². The molecule has 0 spiro atoms. The molecule has 1 aromatic heterocycles. The first-order valence-electron chi connectivity index (χ1n) is 6.87. The highest BCUT2D eigenvalue weighted by atomic mass is 16.4. The fourth-order valence-corrected chi connectivity index (χ4v) is 2.88. The van der Waals surface area contributed by atoms with Crippen LogP contribution in [0.1, 0.15) is 21.5 Å². The Morgan fingerprint density at radius 3 is 2.29 bits per heavy atom. The molecule has 0 atom stereocenters. The molecule has 3 heteroatoms. The van der Waals surface area contributed by atoms with Crippen LogP contribution in [0.5, 0.6) is 0 Å². The monoisotopic (exact) mass is 279 g/mol. The lowest BCUT2D eigenvalue weighted by Crippen LogP contribution is -1.94. The molecule has 0 aliphatic heterocycles. The minimum absolute atomic E-state index is 0.346. The number of aryl methyl sites for hydroxylation is 3. The summed E-state index contributed by atoms with van der Waals surface area (Å²) in [5.41, 5.74) is 5.85. The van der Waals surface area contributed by atoms with Crippen LogP contribution >= 0.6 is 0 Å². The Hall–Kier alpha value is -2.55. The summed E-state index contributed by atoms with van der Waals surface area (Å²) >= 11 is 0. The van der Waals surface area contributed by atoms with Gasteiger partial charge in [0, 0.05) is 24.1 Å². The fourth-order valence-electron chi connectivity index (χ4n) is 2.88. The van der Waals surface area contributed by atoms with E-state index in [1.54, 1.807) is 6.20 Å². The van der Waals surface area contributed by atoms with Crippen LogP contribution in [-0.4, -0.2) is 15.6 Å². The van der Waals surface area contributed by atoms with Crippen LogP contribution in [0.4, 0.5) is 0 Å². The first-order valence-corrected chi connectivity index (χ1v) is 6.87. The molecule has 0 saturated carbocycles.